The second kappa shape index (κ2) is 7.18. The Morgan fingerprint density at radius 1 is 1.04 bits per heavy atom. The minimum atomic E-state index is -0.445. The average molecular weight is 350 g/mol. The van der Waals surface area contributed by atoms with E-state index < -0.39 is 6.03 Å². The van der Waals surface area contributed by atoms with Crippen LogP contribution in [0.3, 0.4) is 0 Å². The fourth-order valence-electron chi connectivity index (χ4n) is 2.54. The first-order valence-corrected chi connectivity index (χ1v) is 8.16. The highest BCUT2D eigenvalue weighted by Crippen LogP contribution is 2.15. The van der Waals surface area contributed by atoms with E-state index in [9.17, 15) is 14.4 Å². The van der Waals surface area contributed by atoms with Gasteiger partial charge in [0.15, 0.2) is 5.78 Å². The number of fused-ring (bicyclic) bond motifs is 1. The molecular formula is C19H18N4O3. The molecule has 0 aliphatic heterocycles. The topological polar surface area (TPSA) is 93.1 Å². The molecule has 3 rings (SSSR count). The van der Waals surface area contributed by atoms with Gasteiger partial charge in [0.05, 0.1) is 17.2 Å². The minimum Gasteiger partial charge on any atom is -0.308 e. The molecule has 0 unspecified atom stereocenters. The van der Waals surface area contributed by atoms with E-state index in [0.29, 0.717) is 34.4 Å². The van der Waals surface area contributed by atoms with Gasteiger partial charge in [-0.2, -0.15) is 0 Å². The number of Topliss-reactive ketones (excluding diaryl/α,β-unsaturated/α-hetero) is 1. The number of amides is 2. The number of nitrogens with zero attached hydrogens (tertiary/aromatic N) is 2. The van der Waals surface area contributed by atoms with Crippen LogP contribution in [0.25, 0.3) is 10.9 Å². The lowest BCUT2D eigenvalue weighted by Gasteiger charge is -2.09. The number of urea groups is 1. The van der Waals surface area contributed by atoms with Crippen molar-refractivity contribution < 1.29 is 9.59 Å². The third-order valence-corrected chi connectivity index (χ3v) is 3.97. The Morgan fingerprint density at radius 2 is 1.69 bits per heavy atom. The Labute approximate surface area is 149 Å². The maximum Gasteiger partial charge on any atom is 0.323 e. The quantitative estimate of drug-likeness (QED) is 0.706. The van der Waals surface area contributed by atoms with Crippen LogP contribution in [-0.4, -0.2) is 21.4 Å². The number of anilines is 2. The van der Waals surface area contributed by atoms with Gasteiger partial charge >= 0.3 is 6.03 Å². The Morgan fingerprint density at radius 3 is 2.35 bits per heavy atom. The molecular weight excluding hydrogens is 332 g/mol. The third-order valence-electron chi connectivity index (χ3n) is 3.97. The lowest BCUT2D eigenvalue weighted by Crippen LogP contribution is -2.21. The van der Waals surface area contributed by atoms with Crippen LogP contribution < -0.4 is 16.2 Å². The standard InChI is InChI=1S/C19H18N4O3/c1-3-23-11-20-17-9-8-15(10-16(17)18(23)25)22-19(26)21-14-6-4-13(5-7-14)12(2)24/h4-11H,3H2,1-2H3,(H2,21,22,26). The highest BCUT2D eigenvalue weighted by atomic mass is 16.2. The summed E-state index contributed by atoms with van der Waals surface area (Å²) in [5, 5.41) is 5.82. The number of rotatable bonds is 4. The van der Waals surface area contributed by atoms with E-state index in [1.165, 1.54) is 17.8 Å². The van der Waals surface area contributed by atoms with E-state index in [4.69, 9.17) is 0 Å². The predicted molar refractivity (Wildman–Crippen MR) is 101 cm³/mol. The molecule has 0 saturated carbocycles. The molecule has 0 fully saturated rings. The molecule has 0 atom stereocenters. The second-order valence-electron chi connectivity index (χ2n) is 5.78. The van der Waals surface area contributed by atoms with Crippen LogP contribution in [0.4, 0.5) is 16.2 Å². The van der Waals surface area contributed by atoms with Gasteiger partial charge in [-0.15, -0.1) is 0 Å². The number of hydrogen-bond acceptors (Lipinski definition) is 4. The molecule has 7 heteroatoms. The zero-order valence-electron chi connectivity index (χ0n) is 14.4. The van der Waals surface area contributed by atoms with Crippen LogP contribution >= 0.6 is 0 Å². The van der Waals surface area contributed by atoms with Gasteiger partial charge in [-0.05, 0) is 56.3 Å². The highest BCUT2D eigenvalue weighted by Gasteiger charge is 2.08. The van der Waals surface area contributed by atoms with Gasteiger partial charge in [0.1, 0.15) is 0 Å². The van der Waals surface area contributed by atoms with Gasteiger partial charge in [0.25, 0.3) is 5.56 Å². The van der Waals surface area contributed by atoms with Crippen molar-refractivity contribution in [1.82, 2.24) is 9.55 Å². The maximum absolute atomic E-state index is 12.3. The molecule has 3 aromatic rings. The van der Waals surface area contributed by atoms with Crippen molar-refractivity contribution in [1.29, 1.82) is 0 Å². The van der Waals surface area contributed by atoms with Crippen LogP contribution in [0.15, 0.2) is 53.6 Å². The molecule has 2 aromatic carbocycles. The van der Waals surface area contributed by atoms with Gasteiger partial charge in [0.2, 0.25) is 0 Å². The van der Waals surface area contributed by atoms with E-state index in [2.05, 4.69) is 15.6 Å². The molecule has 7 nitrogen and oxygen atoms in total. The fraction of sp³-hybridized carbons (Fsp3) is 0.158. The third kappa shape index (κ3) is 3.61. The Kier molecular flexibility index (Phi) is 4.79. The van der Waals surface area contributed by atoms with Gasteiger partial charge in [-0.25, -0.2) is 9.78 Å². The van der Waals surface area contributed by atoms with Crippen molar-refractivity contribution in [2.75, 3.05) is 10.6 Å². The summed E-state index contributed by atoms with van der Waals surface area (Å²) in [6, 6.07) is 11.1. The monoisotopic (exact) mass is 350 g/mol. The molecule has 132 valence electrons. The summed E-state index contributed by atoms with van der Waals surface area (Å²) in [6.45, 7) is 3.87. The molecule has 0 saturated heterocycles. The number of aryl methyl sites for hydroxylation is 1. The average Bonchev–Trinajstić information content (AvgIpc) is 2.63. The lowest BCUT2D eigenvalue weighted by atomic mass is 10.1. The Bertz CT molecular complexity index is 1040. The summed E-state index contributed by atoms with van der Waals surface area (Å²) in [4.78, 5) is 40.0. The van der Waals surface area contributed by atoms with E-state index in [1.54, 1.807) is 42.5 Å². The smallest absolute Gasteiger partial charge is 0.308 e. The fourth-order valence-corrected chi connectivity index (χ4v) is 2.54. The van der Waals surface area contributed by atoms with Crippen LogP contribution in [-0.2, 0) is 6.54 Å². The predicted octanol–water partition coefficient (Wildman–Crippen LogP) is 3.26. The van der Waals surface area contributed by atoms with E-state index in [-0.39, 0.29) is 11.3 Å². The van der Waals surface area contributed by atoms with E-state index in [0.717, 1.165) is 0 Å². The zero-order valence-corrected chi connectivity index (χ0v) is 14.4. The summed E-state index contributed by atoms with van der Waals surface area (Å²) < 4.78 is 1.50. The Balaban J connectivity index is 1.77. The number of aromatic nitrogens is 2. The molecule has 0 bridgehead atoms. The summed E-state index contributed by atoms with van der Waals surface area (Å²) in [6.07, 6.45) is 1.51. The van der Waals surface area contributed by atoms with Gasteiger partial charge in [0, 0.05) is 23.5 Å². The molecule has 0 aliphatic carbocycles. The number of nitrogens with one attached hydrogen (secondary N) is 2. The first-order valence-electron chi connectivity index (χ1n) is 8.16. The summed E-state index contributed by atoms with van der Waals surface area (Å²) in [5.41, 5.74) is 2.04. The summed E-state index contributed by atoms with van der Waals surface area (Å²) >= 11 is 0. The number of carbonyl (C=O) groups excluding carboxylic acids is 2. The van der Waals surface area contributed by atoms with Crippen LogP contribution in [0.5, 0.6) is 0 Å². The first-order chi connectivity index (χ1) is 12.5. The second-order valence-corrected chi connectivity index (χ2v) is 5.78. The number of carbonyl (C=O) groups is 2. The summed E-state index contributed by atoms with van der Waals surface area (Å²) in [5.74, 6) is -0.0384. The van der Waals surface area contributed by atoms with Gasteiger partial charge in [-0.3, -0.25) is 14.2 Å². The molecule has 0 radical (unpaired) electrons. The SMILES string of the molecule is CCn1cnc2ccc(NC(=O)Nc3ccc(C(C)=O)cc3)cc2c1=O. The molecule has 1 aromatic heterocycles. The largest absolute Gasteiger partial charge is 0.323 e. The zero-order chi connectivity index (χ0) is 18.7. The highest BCUT2D eigenvalue weighted by molar-refractivity contribution is 6.01. The molecule has 1 heterocycles. The van der Waals surface area contributed by atoms with Crippen molar-refractivity contribution >= 4 is 34.1 Å². The summed E-state index contributed by atoms with van der Waals surface area (Å²) in [7, 11) is 0. The van der Waals surface area contributed by atoms with Crippen molar-refractivity contribution in [2.45, 2.75) is 20.4 Å². The number of benzene rings is 2. The van der Waals surface area contributed by atoms with Gasteiger partial charge < -0.3 is 10.6 Å². The molecule has 0 spiro atoms. The maximum atomic E-state index is 12.3. The molecule has 2 N–H and O–H groups in total. The lowest BCUT2D eigenvalue weighted by molar-refractivity contribution is 0.101. The van der Waals surface area contributed by atoms with Crippen LogP contribution in [0.2, 0.25) is 0 Å². The van der Waals surface area contributed by atoms with Crippen molar-refractivity contribution in [3.05, 3.63) is 64.7 Å². The van der Waals surface area contributed by atoms with Crippen molar-refractivity contribution in [3.63, 3.8) is 0 Å². The first kappa shape index (κ1) is 17.3. The number of hydrogen-bond donors (Lipinski definition) is 2. The van der Waals surface area contributed by atoms with Crippen LogP contribution in [0.1, 0.15) is 24.2 Å². The van der Waals surface area contributed by atoms with E-state index in [1.807, 2.05) is 6.92 Å². The van der Waals surface area contributed by atoms with Crippen molar-refractivity contribution in [3.8, 4) is 0 Å². The Hall–Kier alpha value is -3.48. The van der Waals surface area contributed by atoms with E-state index >= 15 is 0 Å². The molecule has 2 amide bonds. The van der Waals surface area contributed by atoms with Gasteiger partial charge in [-0.1, -0.05) is 0 Å². The molecule has 26 heavy (non-hydrogen) atoms. The minimum absolute atomic E-state index is 0.0384. The van der Waals surface area contributed by atoms with Crippen LogP contribution in [0, 0.1) is 0 Å². The number of ketones is 1. The van der Waals surface area contributed by atoms with Crippen molar-refractivity contribution in [2.24, 2.45) is 0 Å². The molecule has 0 aliphatic rings. The normalized spacial score (nSPS) is 10.5.